The molecule has 21 heavy (non-hydrogen) atoms. The van der Waals surface area contributed by atoms with Gasteiger partial charge in [0.05, 0.1) is 24.9 Å². The number of anilines is 1. The summed E-state index contributed by atoms with van der Waals surface area (Å²) in [6.07, 6.45) is 0.960. The van der Waals surface area contributed by atoms with Crippen molar-refractivity contribution in [2.75, 3.05) is 31.2 Å². The summed E-state index contributed by atoms with van der Waals surface area (Å²) in [5, 5.41) is 6.22. The minimum atomic E-state index is -3.50. The van der Waals surface area contributed by atoms with Crippen molar-refractivity contribution in [3.8, 4) is 0 Å². The number of hydrazine groups is 1. The zero-order chi connectivity index (χ0) is 15.3. The summed E-state index contributed by atoms with van der Waals surface area (Å²) >= 11 is 0. The van der Waals surface area contributed by atoms with E-state index in [4.69, 9.17) is 0 Å². The number of benzene rings is 1. The van der Waals surface area contributed by atoms with Crippen LogP contribution in [0.3, 0.4) is 0 Å². The number of sulfonamides is 1. The van der Waals surface area contributed by atoms with E-state index < -0.39 is 15.9 Å². The molecular formula is C12H17N5O3S. The molecule has 1 amide bonds. The summed E-state index contributed by atoms with van der Waals surface area (Å²) < 4.78 is 22.0. The number of nitrogens with one attached hydrogen (secondary N) is 4. The maximum atomic E-state index is 12.0. The van der Waals surface area contributed by atoms with E-state index in [0.29, 0.717) is 17.8 Å². The monoisotopic (exact) mass is 311 g/mol. The molecule has 0 atom stereocenters. The van der Waals surface area contributed by atoms with Crippen LogP contribution in [0.15, 0.2) is 29.3 Å². The highest BCUT2D eigenvalue weighted by molar-refractivity contribution is 7.88. The van der Waals surface area contributed by atoms with Crippen LogP contribution >= 0.6 is 0 Å². The van der Waals surface area contributed by atoms with E-state index in [1.807, 2.05) is 4.83 Å². The summed E-state index contributed by atoms with van der Waals surface area (Å²) in [7, 11) is -3.50. The van der Waals surface area contributed by atoms with Crippen molar-refractivity contribution in [1.82, 2.24) is 15.6 Å². The lowest BCUT2D eigenvalue weighted by Gasteiger charge is -2.12. The van der Waals surface area contributed by atoms with Crippen molar-refractivity contribution in [3.63, 3.8) is 0 Å². The number of hydrogen-bond acceptors (Lipinski definition) is 6. The van der Waals surface area contributed by atoms with Crippen molar-refractivity contribution < 1.29 is 13.2 Å². The lowest BCUT2D eigenvalue weighted by atomic mass is 10.1. The van der Waals surface area contributed by atoms with Gasteiger partial charge in [-0.1, -0.05) is 12.1 Å². The number of hydrogen-bond donors (Lipinski definition) is 4. The zero-order valence-corrected chi connectivity index (χ0v) is 12.3. The van der Waals surface area contributed by atoms with Gasteiger partial charge in [0.1, 0.15) is 5.84 Å². The number of rotatable bonds is 6. The van der Waals surface area contributed by atoms with Crippen molar-refractivity contribution >= 4 is 27.5 Å². The standard InChI is InChI=1S/C12H17N5O3S/c1-21(19,20)17-16-12(18)9-4-2-3-5-10(9)15-8-11-13-6-7-14-11/h2-5,15,17H,6-8H2,1H3,(H,13,14)(H,16,18). The second-order valence-corrected chi connectivity index (χ2v) is 6.23. The molecule has 0 aromatic heterocycles. The number of para-hydroxylation sites is 1. The highest BCUT2D eigenvalue weighted by Gasteiger charge is 2.13. The fourth-order valence-electron chi connectivity index (χ4n) is 1.79. The Morgan fingerprint density at radius 3 is 2.81 bits per heavy atom. The molecule has 1 aliphatic heterocycles. The minimum absolute atomic E-state index is 0.340. The molecule has 4 N–H and O–H groups in total. The summed E-state index contributed by atoms with van der Waals surface area (Å²) in [6.45, 7) is 2.04. The number of nitrogens with zero attached hydrogens (tertiary/aromatic N) is 1. The Balaban J connectivity index is 2.03. The molecule has 1 aromatic carbocycles. The molecule has 114 valence electrons. The van der Waals surface area contributed by atoms with Crippen molar-refractivity contribution in [2.24, 2.45) is 4.99 Å². The second-order valence-electron chi connectivity index (χ2n) is 4.48. The summed E-state index contributed by atoms with van der Waals surface area (Å²) in [6, 6.07) is 6.83. The number of amides is 1. The van der Waals surface area contributed by atoms with Gasteiger partial charge in [0.2, 0.25) is 10.0 Å². The molecule has 0 saturated carbocycles. The largest absolute Gasteiger partial charge is 0.377 e. The Bertz CT molecular complexity index is 657. The molecule has 2 rings (SSSR count). The normalized spacial score (nSPS) is 14.2. The molecular weight excluding hydrogens is 294 g/mol. The van der Waals surface area contributed by atoms with E-state index in [-0.39, 0.29) is 0 Å². The van der Waals surface area contributed by atoms with E-state index in [2.05, 4.69) is 21.1 Å². The van der Waals surface area contributed by atoms with E-state index in [1.165, 1.54) is 0 Å². The molecule has 8 nitrogen and oxygen atoms in total. The van der Waals surface area contributed by atoms with Gasteiger partial charge in [0.25, 0.3) is 5.91 Å². The van der Waals surface area contributed by atoms with Crippen LogP contribution in [0.4, 0.5) is 5.69 Å². The number of amidine groups is 1. The fraction of sp³-hybridized carbons (Fsp3) is 0.333. The quantitative estimate of drug-likeness (QED) is 0.519. The number of carbonyl (C=O) groups is 1. The Morgan fingerprint density at radius 1 is 1.38 bits per heavy atom. The lowest BCUT2D eigenvalue weighted by Crippen LogP contribution is -2.41. The van der Waals surface area contributed by atoms with Gasteiger partial charge in [-0.2, -0.15) is 0 Å². The topological polar surface area (TPSA) is 112 Å². The van der Waals surface area contributed by atoms with Gasteiger partial charge >= 0.3 is 0 Å². The van der Waals surface area contributed by atoms with E-state index in [1.54, 1.807) is 24.3 Å². The smallest absolute Gasteiger partial charge is 0.268 e. The third kappa shape index (κ3) is 4.72. The minimum Gasteiger partial charge on any atom is -0.377 e. The highest BCUT2D eigenvalue weighted by atomic mass is 32.2. The highest BCUT2D eigenvalue weighted by Crippen LogP contribution is 2.14. The maximum absolute atomic E-state index is 12.0. The Morgan fingerprint density at radius 2 is 2.14 bits per heavy atom. The van der Waals surface area contributed by atoms with E-state index in [9.17, 15) is 13.2 Å². The first kappa shape index (κ1) is 15.3. The molecule has 1 heterocycles. The van der Waals surface area contributed by atoms with Crippen LogP contribution in [-0.4, -0.2) is 46.1 Å². The molecule has 0 fully saturated rings. The molecule has 0 spiro atoms. The third-order valence-corrected chi connectivity index (χ3v) is 3.18. The van der Waals surface area contributed by atoms with Crippen LogP contribution in [-0.2, 0) is 10.0 Å². The molecule has 9 heteroatoms. The second kappa shape index (κ2) is 6.55. The van der Waals surface area contributed by atoms with Crippen molar-refractivity contribution in [2.45, 2.75) is 0 Å². The van der Waals surface area contributed by atoms with Crippen LogP contribution in [0.1, 0.15) is 10.4 Å². The van der Waals surface area contributed by atoms with Crippen LogP contribution < -0.4 is 20.9 Å². The predicted octanol–water partition coefficient (Wildman–Crippen LogP) is -0.706. The number of carbonyl (C=O) groups excluding carboxylic acids is 1. The van der Waals surface area contributed by atoms with E-state index >= 15 is 0 Å². The Hall–Kier alpha value is -2.13. The Kier molecular flexibility index (Phi) is 4.76. The van der Waals surface area contributed by atoms with E-state index in [0.717, 1.165) is 25.2 Å². The van der Waals surface area contributed by atoms with Crippen LogP contribution in [0.2, 0.25) is 0 Å². The van der Waals surface area contributed by atoms with Gasteiger partial charge in [-0.25, -0.2) is 8.42 Å². The van der Waals surface area contributed by atoms with Crippen molar-refractivity contribution in [3.05, 3.63) is 29.8 Å². The van der Waals surface area contributed by atoms with Gasteiger partial charge in [0, 0.05) is 12.2 Å². The van der Waals surface area contributed by atoms with Crippen molar-refractivity contribution in [1.29, 1.82) is 0 Å². The van der Waals surface area contributed by atoms with Crippen LogP contribution in [0.5, 0.6) is 0 Å². The molecule has 0 saturated heterocycles. The predicted molar refractivity (Wildman–Crippen MR) is 80.7 cm³/mol. The van der Waals surface area contributed by atoms with Gasteiger partial charge in [-0.3, -0.25) is 15.2 Å². The lowest BCUT2D eigenvalue weighted by molar-refractivity contribution is 0.0946. The maximum Gasteiger partial charge on any atom is 0.268 e. The molecule has 1 aliphatic rings. The van der Waals surface area contributed by atoms with Gasteiger partial charge in [-0.15, -0.1) is 4.83 Å². The molecule has 0 unspecified atom stereocenters. The first-order valence-corrected chi connectivity index (χ1v) is 8.22. The van der Waals surface area contributed by atoms with Gasteiger partial charge in [-0.05, 0) is 12.1 Å². The fourth-order valence-corrected chi connectivity index (χ4v) is 2.06. The van der Waals surface area contributed by atoms with Gasteiger partial charge < -0.3 is 10.6 Å². The summed E-state index contributed by atoms with van der Waals surface area (Å²) in [5.41, 5.74) is 3.08. The van der Waals surface area contributed by atoms with Crippen LogP contribution in [0, 0.1) is 0 Å². The first-order valence-electron chi connectivity index (χ1n) is 6.33. The average Bonchev–Trinajstić information content (AvgIpc) is 2.95. The zero-order valence-electron chi connectivity index (χ0n) is 11.5. The van der Waals surface area contributed by atoms with Crippen LogP contribution in [0.25, 0.3) is 0 Å². The Labute approximate surface area is 123 Å². The molecule has 0 aliphatic carbocycles. The SMILES string of the molecule is CS(=O)(=O)NNC(=O)c1ccccc1NCC1=NCCN1. The first-order chi connectivity index (χ1) is 9.96. The summed E-state index contributed by atoms with van der Waals surface area (Å²) in [5.74, 6) is 0.296. The molecule has 0 radical (unpaired) electrons. The molecule has 0 bridgehead atoms. The average molecular weight is 311 g/mol. The summed E-state index contributed by atoms with van der Waals surface area (Å²) in [4.78, 5) is 18.2. The number of aliphatic imine (C=N–C) groups is 1. The molecule has 1 aromatic rings. The third-order valence-electron chi connectivity index (χ3n) is 2.71. The van der Waals surface area contributed by atoms with Gasteiger partial charge in [0.15, 0.2) is 0 Å².